The van der Waals surface area contributed by atoms with E-state index in [0.29, 0.717) is 11.5 Å². The first-order chi connectivity index (χ1) is 20.2. The zero-order valence-electron chi connectivity index (χ0n) is 23.8. The second kappa shape index (κ2) is 12.3. The van der Waals surface area contributed by atoms with Crippen molar-refractivity contribution >= 4 is 21.6 Å². The van der Waals surface area contributed by atoms with Crippen molar-refractivity contribution in [1.82, 2.24) is 10.2 Å². The lowest BCUT2D eigenvalue weighted by Gasteiger charge is -2.48. The number of likely N-dealkylation sites (tertiary alicyclic amines) is 1. The maximum atomic E-state index is 14.5. The van der Waals surface area contributed by atoms with Crippen LogP contribution < -0.4 is 10.2 Å². The molecule has 2 heterocycles. The molecule has 8 nitrogen and oxygen atoms in total. The Labute approximate surface area is 247 Å². The number of hydrogen-bond donors (Lipinski definition) is 1. The van der Waals surface area contributed by atoms with Gasteiger partial charge in [0.1, 0.15) is 5.82 Å². The third kappa shape index (κ3) is 5.84. The van der Waals surface area contributed by atoms with E-state index in [1.165, 1.54) is 19.2 Å². The average Bonchev–Trinajstić information content (AvgIpc) is 3.44. The molecule has 0 spiro atoms. The lowest BCUT2D eigenvalue weighted by Crippen LogP contribution is -2.55. The van der Waals surface area contributed by atoms with Crippen LogP contribution in [0.4, 0.5) is 14.9 Å². The number of sulfone groups is 1. The largest absolute Gasteiger partial charge is 0.453 e. The lowest BCUT2D eigenvalue weighted by atomic mass is 9.59. The topological polar surface area (TPSA) is 103 Å². The molecule has 2 aromatic carbocycles. The molecule has 2 aliphatic heterocycles. The van der Waals surface area contributed by atoms with Gasteiger partial charge in [-0.15, -0.1) is 6.42 Å². The number of ether oxygens (including phenoxy) is 1. The average molecular weight is 593 g/mol. The summed E-state index contributed by atoms with van der Waals surface area (Å²) in [5.41, 5.74) is 0.757. The molecule has 0 radical (unpaired) electrons. The van der Waals surface area contributed by atoms with Crippen LogP contribution in [-0.2, 0) is 20.0 Å². The van der Waals surface area contributed by atoms with Crippen LogP contribution in [0.1, 0.15) is 37.7 Å². The number of halogens is 1. The molecule has 3 atom stereocenters. The highest BCUT2D eigenvalue weighted by Gasteiger charge is 2.52. The van der Waals surface area contributed by atoms with E-state index in [1.54, 1.807) is 30.3 Å². The van der Waals surface area contributed by atoms with Crippen molar-refractivity contribution in [1.29, 1.82) is 5.26 Å². The molecule has 1 N–H and O–H groups in total. The summed E-state index contributed by atoms with van der Waals surface area (Å²) in [4.78, 5) is 16.9. The second-order valence-electron chi connectivity index (χ2n) is 11.7. The molecule has 222 valence electrons. The number of amides is 1. The van der Waals surface area contributed by atoms with Crippen LogP contribution in [0.25, 0.3) is 0 Å². The number of nitriles is 1. The number of methoxy groups -OCH3 is 1. The monoisotopic (exact) mass is 592 g/mol. The molecule has 2 saturated heterocycles. The minimum Gasteiger partial charge on any atom is -0.453 e. The Bertz CT molecular complexity index is 1470. The highest BCUT2D eigenvalue weighted by molar-refractivity contribution is 7.96. The predicted molar refractivity (Wildman–Crippen MR) is 158 cm³/mol. The second-order valence-corrected chi connectivity index (χ2v) is 13.4. The molecule has 3 aliphatic rings. The number of nitrogens with zero attached hydrogens (tertiary/aromatic N) is 3. The van der Waals surface area contributed by atoms with Crippen LogP contribution >= 0.6 is 0 Å². The van der Waals surface area contributed by atoms with E-state index in [2.05, 4.69) is 21.2 Å². The molecule has 3 fully saturated rings. The molecule has 1 amide bonds. The Balaban J connectivity index is 1.24. The van der Waals surface area contributed by atoms with E-state index in [0.717, 1.165) is 70.5 Å². The highest BCUT2D eigenvalue weighted by Crippen LogP contribution is 2.50. The molecule has 10 heteroatoms. The number of alkyl carbamates (subject to hydrolysis) is 1. The number of terminal acetylenes is 1. The van der Waals surface area contributed by atoms with E-state index in [1.807, 2.05) is 11.3 Å². The minimum absolute atomic E-state index is 0.0290. The van der Waals surface area contributed by atoms with Gasteiger partial charge in [0.2, 0.25) is 9.84 Å². The molecule has 1 saturated carbocycles. The van der Waals surface area contributed by atoms with Crippen LogP contribution in [0, 0.1) is 46.6 Å². The minimum atomic E-state index is -3.67. The number of carbonyl (C=O) groups excluding carboxylic acids is 1. The Kier molecular flexibility index (Phi) is 8.77. The number of rotatable bonds is 8. The van der Waals surface area contributed by atoms with Crippen LogP contribution in [0.5, 0.6) is 0 Å². The first kappa shape index (κ1) is 29.9. The third-order valence-corrected chi connectivity index (χ3v) is 10.7. The van der Waals surface area contributed by atoms with E-state index >= 15 is 0 Å². The van der Waals surface area contributed by atoms with E-state index < -0.39 is 21.3 Å². The molecule has 1 aliphatic carbocycles. The van der Waals surface area contributed by atoms with Gasteiger partial charge in [0.25, 0.3) is 0 Å². The summed E-state index contributed by atoms with van der Waals surface area (Å²) in [6.07, 6.45) is 8.67. The van der Waals surface area contributed by atoms with Crippen LogP contribution in [0.15, 0.2) is 53.4 Å². The summed E-state index contributed by atoms with van der Waals surface area (Å²) >= 11 is 0. The molecular formula is C32H37FN4O4S. The maximum Gasteiger partial charge on any atom is 0.407 e. The lowest BCUT2D eigenvalue weighted by molar-refractivity contribution is 0.0938. The van der Waals surface area contributed by atoms with Crippen molar-refractivity contribution < 1.29 is 22.3 Å². The predicted octanol–water partition coefficient (Wildman–Crippen LogP) is 4.32. The van der Waals surface area contributed by atoms with Gasteiger partial charge in [0, 0.05) is 48.5 Å². The summed E-state index contributed by atoms with van der Waals surface area (Å²) in [7, 11) is -2.33. The summed E-state index contributed by atoms with van der Waals surface area (Å²) in [5, 5.41) is 15.6. The molecule has 2 aromatic rings. The van der Waals surface area contributed by atoms with Gasteiger partial charge in [0.15, 0.2) is 0 Å². The van der Waals surface area contributed by atoms with E-state index in [9.17, 15) is 22.9 Å². The van der Waals surface area contributed by atoms with Crippen LogP contribution in [0.3, 0.4) is 0 Å². The van der Waals surface area contributed by atoms with Gasteiger partial charge in [-0.2, -0.15) is 5.26 Å². The summed E-state index contributed by atoms with van der Waals surface area (Å²) in [6, 6.07) is 15.6. The summed E-state index contributed by atoms with van der Waals surface area (Å²) in [6.45, 7) is 4.41. The quantitative estimate of drug-likeness (QED) is 0.360. The number of benzene rings is 2. The maximum absolute atomic E-state index is 14.5. The van der Waals surface area contributed by atoms with Crippen LogP contribution in [-0.4, -0.2) is 65.3 Å². The van der Waals surface area contributed by atoms with Gasteiger partial charge >= 0.3 is 6.09 Å². The molecule has 0 aromatic heterocycles. The van der Waals surface area contributed by atoms with Gasteiger partial charge in [0.05, 0.1) is 23.5 Å². The van der Waals surface area contributed by atoms with Crippen molar-refractivity contribution in [3.63, 3.8) is 0 Å². The van der Waals surface area contributed by atoms with Crippen molar-refractivity contribution in [2.24, 2.45) is 17.8 Å². The van der Waals surface area contributed by atoms with Gasteiger partial charge in [-0.1, -0.05) is 18.6 Å². The first-order valence-electron chi connectivity index (χ1n) is 14.5. The highest BCUT2D eigenvalue weighted by atomic mass is 32.2. The zero-order valence-corrected chi connectivity index (χ0v) is 24.7. The summed E-state index contributed by atoms with van der Waals surface area (Å²) < 4.78 is 43.1. The van der Waals surface area contributed by atoms with Crippen LogP contribution in [0.2, 0.25) is 0 Å². The fourth-order valence-corrected chi connectivity index (χ4v) is 7.99. The fraction of sp³-hybridized carbons (Fsp3) is 0.500. The number of hydrogen-bond acceptors (Lipinski definition) is 7. The number of carbonyl (C=O) groups is 1. The molecule has 5 rings (SSSR count). The molecule has 0 bridgehead atoms. The van der Waals surface area contributed by atoms with Gasteiger partial charge < -0.3 is 19.9 Å². The van der Waals surface area contributed by atoms with Gasteiger partial charge in [-0.05, 0) is 86.7 Å². The van der Waals surface area contributed by atoms with E-state index in [-0.39, 0.29) is 28.6 Å². The number of nitrogens with one attached hydrogen (secondary N) is 1. The van der Waals surface area contributed by atoms with Crippen molar-refractivity contribution in [3.8, 4) is 17.7 Å². The Morgan fingerprint density at radius 2 is 1.86 bits per heavy atom. The first-order valence-corrected chi connectivity index (χ1v) is 16.0. The van der Waals surface area contributed by atoms with Gasteiger partial charge in [-0.3, -0.25) is 0 Å². The fourth-order valence-electron chi connectivity index (χ4n) is 7.36. The Hall–Kier alpha value is -3.60. The zero-order chi connectivity index (χ0) is 29.9. The molecule has 42 heavy (non-hydrogen) atoms. The third-order valence-electron chi connectivity index (χ3n) is 9.45. The standard InChI is InChI=1S/C32H37FN4O4S/c1-3-42(39,40)28-12-10-27(11-13-28)37-20-23(21-37)19-36-16-14-24(15-17-36)32(22-34,25-6-4-7-26(33)18-25)29-8-5-9-30(29)35-31(38)41-2/h1,4,6-7,10-13,18,23-24,29-30H,5,8-9,14-17,19-21H2,2H3,(H,35,38)/t29?,30-,32-/m0/s1. The van der Waals surface area contributed by atoms with Crippen molar-refractivity contribution in [2.75, 3.05) is 44.7 Å². The number of piperidine rings is 1. The van der Waals surface area contributed by atoms with Gasteiger partial charge in [-0.25, -0.2) is 17.6 Å². The smallest absolute Gasteiger partial charge is 0.407 e. The van der Waals surface area contributed by atoms with Crippen molar-refractivity contribution in [2.45, 2.75) is 48.5 Å². The Morgan fingerprint density at radius 3 is 2.48 bits per heavy atom. The SMILES string of the molecule is C#CS(=O)(=O)c1ccc(N2CC(CN3CCC([C@@](C#N)(c4cccc(F)c4)C4CCC[C@@H]4NC(=O)OC)CC3)C2)cc1. The molecular weight excluding hydrogens is 555 g/mol. The Morgan fingerprint density at radius 1 is 1.14 bits per heavy atom. The molecule has 1 unspecified atom stereocenters. The van der Waals surface area contributed by atoms with Crippen molar-refractivity contribution in [3.05, 3.63) is 59.9 Å². The summed E-state index contributed by atoms with van der Waals surface area (Å²) in [5.74, 6) is 0.0217. The number of anilines is 1. The normalized spacial score (nSPS) is 23.3. The van der Waals surface area contributed by atoms with E-state index in [4.69, 9.17) is 11.2 Å².